The van der Waals surface area contributed by atoms with E-state index < -0.39 is 0 Å². The Kier molecular flexibility index (Phi) is 6.40. The highest BCUT2D eigenvalue weighted by atomic mass is 35.5. The smallest absolute Gasteiger partial charge is 0.234 e. The van der Waals surface area contributed by atoms with Crippen LogP contribution < -0.4 is 5.32 Å². The fraction of sp³-hybridized carbons (Fsp3) is 0.417. The number of amides is 1. The summed E-state index contributed by atoms with van der Waals surface area (Å²) in [6, 6.07) is 5.37. The molecule has 0 aromatic heterocycles. The van der Waals surface area contributed by atoms with Gasteiger partial charge in [-0.25, -0.2) is 0 Å². The number of aryl methyl sites for hydroxylation is 1. The van der Waals surface area contributed by atoms with E-state index in [2.05, 4.69) is 5.32 Å². The lowest BCUT2D eigenvalue weighted by Crippen LogP contribution is -2.15. The summed E-state index contributed by atoms with van der Waals surface area (Å²) >= 11 is 7.35. The summed E-state index contributed by atoms with van der Waals surface area (Å²) in [5.41, 5.74) is 1.74. The molecule has 2 N–H and O–H groups in total. The zero-order valence-electron chi connectivity index (χ0n) is 9.70. The van der Waals surface area contributed by atoms with E-state index in [1.165, 1.54) is 11.8 Å². The molecule has 0 aliphatic carbocycles. The first-order chi connectivity index (χ1) is 8.13. The van der Waals surface area contributed by atoms with Crippen LogP contribution in [0.5, 0.6) is 0 Å². The van der Waals surface area contributed by atoms with Gasteiger partial charge in [-0.05, 0) is 42.9 Å². The van der Waals surface area contributed by atoms with Crippen LogP contribution in [-0.4, -0.2) is 29.1 Å². The number of anilines is 1. The molecule has 0 bridgehead atoms. The van der Waals surface area contributed by atoms with E-state index >= 15 is 0 Å². The third kappa shape index (κ3) is 5.44. The lowest BCUT2D eigenvalue weighted by molar-refractivity contribution is -0.113. The van der Waals surface area contributed by atoms with Gasteiger partial charge in [-0.15, -0.1) is 0 Å². The van der Waals surface area contributed by atoms with Crippen molar-refractivity contribution in [1.82, 2.24) is 0 Å². The Bertz CT molecular complexity index is 385. The monoisotopic (exact) mass is 273 g/mol. The number of halogens is 1. The lowest BCUT2D eigenvalue weighted by Gasteiger charge is -2.08. The van der Waals surface area contributed by atoms with Crippen LogP contribution in [0.3, 0.4) is 0 Å². The lowest BCUT2D eigenvalue weighted by atomic mass is 10.2. The minimum absolute atomic E-state index is 0.0293. The first kappa shape index (κ1) is 14.4. The van der Waals surface area contributed by atoms with Gasteiger partial charge < -0.3 is 10.4 Å². The average Bonchev–Trinajstić information content (AvgIpc) is 2.28. The highest BCUT2D eigenvalue weighted by Crippen LogP contribution is 2.19. The summed E-state index contributed by atoms with van der Waals surface area (Å²) in [5, 5.41) is 12.1. The second-order valence-corrected chi connectivity index (χ2v) is 5.18. The number of rotatable bonds is 6. The van der Waals surface area contributed by atoms with Crippen LogP contribution in [0.1, 0.15) is 12.0 Å². The third-order valence-corrected chi connectivity index (χ3v) is 3.42. The third-order valence-electron chi connectivity index (χ3n) is 2.14. The number of hydrogen-bond acceptors (Lipinski definition) is 3. The van der Waals surface area contributed by atoms with E-state index in [4.69, 9.17) is 16.7 Å². The summed E-state index contributed by atoms with van der Waals surface area (Å²) in [5.74, 6) is 1.17. The summed E-state index contributed by atoms with van der Waals surface area (Å²) in [6.07, 6.45) is 0.720. The molecule has 0 spiro atoms. The van der Waals surface area contributed by atoms with Crippen molar-refractivity contribution in [3.8, 4) is 0 Å². The highest BCUT2D eigenvalue weighted by Gasteiger charge is 2.05. The number of aliphatic hydroxyl groups is 1. The van der Waals surface area contributed by atoms with Gasteiger partial charge in [0.2, 0.25) is 5.91 Å². The van der Waals surface area contributed by atoms with Crippen LogP contribution in [-0.2, 0) is 4.79 Å². The van der Waals surface area contributed by atoms with Gasteiger partial charge in [0.05, 0.1) is 5.75 Å². The molecule has 0 unspecified atom stereocenters. The molecule has 0 heterocycles. The molecule has 3 nitrogen and oxygen atoms in total. The Morgan fingerprint density at radius 2 is 2.29 bits per heavy atom. The summed E-state index contributed by atoms with van der Waals surface area (Å²) in [7, 11) is 0. The molecule has 0 aliphatic heterocycles. The summed E-state index contributed by atoms with van der Waals surface area (Å²) in [6.45, 7) is 2.07. The molecule has 1 amide bonds. The maximum atomic E-state index is 11.6. The van der Waals surface area contributed by atoms with Crippen molar-refractivity contribution in [1.29, 1.82) is 0 Å². The number of carbonyl (C=O) groups is 1. The molecular weight excluding hydrogens is 258 g/mol. The first-order valence-electron chi connectivity index (χ1n) is 5.38. The van der Waals surface area contributed by atoms with Gasteiger partial charge in [-0.2, -0.15) is 11.8 Å². The molecule has 0 radical (unpaired) electrons. The number of hydrogen-bond donors (Lipinski definition) is 2. The standard InChI is InChI=1S/C12H16ClNO2S/c1-9-7-10(13)3-4-11(9)14-12(16)8-17-6-2-5-15/h3-4,7,15H,2,5-6,8H2,1H3,(H,14,16). The second kappa shape index (κ2) is 7.58. The topological polar surface area (TPSA) is 49.3 Å². The largest absolute Gasteiger partial charge is 0.396 e. The van der Waals surface area contributed by atoms with Crippen LogP contribution in [0.2, 0.25) is 5.02 Å². The van der Waals surface area contributed by atoms with E-state index in [-0.39, 0.29) is 12.5 Å². The van der Waals surface area contributed by atoms with Crippen molar-refractivity contribution in [3.05, 3.63) is 28.8 Å². The molecule has 1 aromatic carbocycles. The molecule has 1 aromatic rings. The molecular formula is C12H16ClNO2S. The minimum Gasteiger partial charge on any atom is -0.396 e. The molecule has 1 rings (SSSR count). The first-order valence-corrected chi connectivity index (χ1v) is 6.91. The van der Waals surface area contributed by atoms with Crippen molar-refractivity contribution < 1.29 is 9.90 Å². The van der Waals surface area contributed by atoms with E-state index in [0.29, 0.717) is 10.8 Å². The van der Waals surface area contributed by atoms with E-state index in [1.807, 2.05) is 13.0 Å². The minimum atomic E-state index is -0.0293. The summed E-state index contributed by atoms with van der Waals surface area (Å²) < 4.78 is 0. The molecule has 0 aliphatic rings. The van der Waals surface area contributed by atoms with Gasteiger partial charge in [-0.1, -0.05) is 11.6 Å². The van der Waals surface area contributed by atoms with Crippen LogP contribution in [0, 0.1) is 6.92 Å². The maximum Gasteiger partial charge on any atom is 0.234 e. The van der Waals surface area contributed by atoms with Gasteiger partial charge in [0.1, 0.15) is 0 Å². The van der Waals surface area contributed by atoms with Gasteiger partial charge in [0, 0.05) is 17.3 Å². The van der Waals surface area contributed by atoms with E-state index in [1.54, 1.807) is 12.1 Å². The zero-order chi connectivity index (χ0) is 12.7. The van der Waals surface area contributed by atoms with E-state index in [0.717, 1.165) is 23.4 Å². The number of nitrogens with one attached hydrogen (secondary N) is 1. The molecule has 17 heavy (non-hydrogen) atoms. The molecule has 0 saturated carbocycles. The van der Waals surface area contributed by atoms with Gasteiger partial charge in [-0.3, -0.25) is 4.79 Å². The Morgan fingerprint density at radius 1 is 1.53 bits per heavy atom. The van der Waals surface area contributed by atoms with Crippen LogP contribution >= 0.6 is 23.4 Å². The van der Waals surface area contributed by atoms with Crippen molar-refractivity contribution in [2.24, 2.45) is 0 Å². The average molecular weight is 274 g/mol. The quantitative estimate of drug-likeness (QED) is 0.784. The molecule has 0 atom stereocenters. The van der Waals surface area contributed by atoms with Crippen molar-refractivity contribution in [2.45, 2.75) is 13.3 Å². The molecule has 94 valence electrons. The van der Waals surface area contributed by atoms with Gasteiger partial charge in [0.25, 0.3) is 0 Å². The second-order valence-electron chi connectivity index (χ2n) is 3.64. The number of aliphatic hydroxyl groups excluding tert-OH is 1. The highest BCUT2D eigenvalue weighted by molar-refractivity contribution is 7.99. The van der Waals surface area contributed by atoms with Crippen LogP contribution in [0.25, 0.3) is 0 Å². The molecule has 0 fully saturated rings. The van der Waals surface area contributed by atoms with E-state index in [9.17, 15) is 4.79 Å². The molecule has 0 saturated heterocycles. The Hall–Kier alpha value is -0.710. The number of benzene rings is 1. The predicted octanol–water partition coefficient (Wildman–Crippen LogP) is 2.70. The fourth-order valence-electron chi connectivity index (χ4n) is 1.29. The maximum absolute atomic E-state index is 11.6. The Morgan fingerprint density at radius 3 is 2.94 bits per heavy atom. The van der Waals surface area contributed by atoms with Crippen molar-refractivity contribution in [3.63, 3.8) is 0 Å². The SMILES string of the molecule is Cc1cc(Cl)ccc1NC(=O)CSCCCO. The van der Waals surface area contributed by atoms with Crippen molar-refractivity contribution >= 4 is 35.0 Å². The van der Waals surface area contributed by atoms with Crippen LogP contribution in [0.15, 0.2) is 18.2 Å². The van der Waals surface area contributed by atoms with Gasteiger partial charge >= 0.3 is 0 Å². The molecule has 5 heteroatoms. The van der Waals surface area contributed by atoms with Gasteiger partial charge in [0.15, 0.2) is 0 Å². The number of carbonyl (C=O) groups excluding carboxylic acids is 1. The fourth-order valence-corrected chi connectivity index (χ4v) is 2.25. The number of thioether (sulfide) groups is 1. The Labute approximate surface area is 111 Å². The zero-order valence-corrected chi connectivity index (χ0v) is 11.3. The predicted molar refractivity (Wildman–Crippen MR) is 73.8 cm³/mol. The normalized spacial score (nSPS) is 10.3. The summed E-state index contributed by atoms with van der Waals surface area (Å²) in [4.78, 5) is 11.6. The van der Waals surface area contributed by atoms with Crippen LogP contribution in [0.4, 0.5) is 5.69 Å². The Balaban J connectivity index is 2.40. The van der Waals surface area contributed by atoms with Crippen molar-refractivity contribution in [2.75, 3.05) is 23.4 Å².